The Morgan fingerprint density at radius 3 is 2.50 bits per heavy atom. The number of hydrogen-bond donors (Lipinski definition) is 0. The van der Waals surface area contributed by atoms with Crippen molar-refractivity contribution >= 4 is 22.1 Å². The van der Waals surface area contributed by atoms with E-state index in [1.54, 1.807) is 0 Å². The lowest BCUT2D eigenvalue weighted by atomic mass is 10.6. The van der Waals surface area contributed by atoms with Gasteiger partial charge in [0.1, 0.15) is 6.61 Å². The highest BCUT2D eigenvalue weighted by Crippen LogP contribution is 2.21. The Labute approximate surface area is 111 Å². The van der Waals surface area contributed by atoms with Gasteiger partial charge >= 0.3 is 17.2 Å². The molecule has 0 aromatic rings. The zero-order valence-electron chi connectivity index (χ0n) is 9.74. The van der Waals surface area contributed by atoms with Crippen molar-refractivity contribution < 1.29 is 50.3 Å². The first-order valence-electron chi connectivity index (χ1n) is 5.04. The van der Waals surface area contributed by atoms with Crippen molar-refractivity contribution in [1.82, 2.24) is 0 Å². The van der Waals surface area contributed by atoms with Gasteiger partial charge in [-0.2, -0.15) is 8.78 Å². The van der Waals surface area contributed by atoms with E-state index in [1.807, 2.05) is 0 Å². The summed E-state index contributed by atoms with van der Waals surface area (Å²) in [5.74, 6) is -3.93. The maximum atomic E-state index is 12.7. The molecule has 12 heteroatoms. The molecule has 1 heterocycles. The van der Waals surface area contributed by atoms with Crippen molar-refractivity contribution in [3.63, 3.8) is 0 Å². The Balaban J connectivity index is 2.42. The van der Waals surface area contributed by atoms with Crippen LogP contribution in [0.4, 0.5) is 8.78 Å². The maximum Gasteiger partial charge on any atom is 0.428 e. The van der Waals surface area contributed by atoms with Gasteiger partial charge in [-0.1, -0.05) is 0 Å². The Morgan fingerprint density at radius 2 is 2.00 bits per heavy atom. The van der Waals surface area contributed by atoms with Gasteiger partial charge in [0.25, 0.3) is 0 Å². The van der Waals surface area contributed by atoms with Gasteiger partial charge in [-0.05, 0) is 0 Å². The normalized spacial score (nSPS) is 20.2. The fourth-order valence-electron chi connectivity index (χ4n) is 1.03. The quantitative estimate of drug-likeness (QED) is 0.443. The van der Waals surface area contributed by atoms with Gasteiger partial charge in [-0.15, -0.1) is 0 Å². The molecule has 1 saturated heterocycles. The van der Waals surface area contributed by atoms with Gasteiger partial charge in [0.05, 0.1) is 13.2 Å². The molecule has 0 amide bonds. The molecule has 0 aromatic carbocycles. The largest absolute Gasteiger partial charge is 0.743 e. The van der Waals surface area contributed by atoms with E-state index in [2.05, 4.69) is 9.47 Å². The van der Waals surface area contributed by atoms with Crippen molar-refractivity contribution in [1.29, 1.82) is 0 Å². The standard InChI is InChI=1S/C8H10F2O9S/c9-8(10,20(13,14)15)7(12)18-3-5(11)19-6-4-16-1-2-17-6/h6H,1-4H2,(H,13,14,15)/p-1. The van der Waals surface area contributed by atoms with Gasteiger partial charge in [0, 0.05) is 0 Å². The molecule has 0 N–H and O–H groups in total. The summed E-state index contributed by atoms with van der Waals surface area (Å²) in [4.78, 5) is 21.8. The molecule has 20 heavy (non-hydrogen) atoms. The molecule has 116 valence electrons. The number of ether oxygens (including phenoxy) is 4. The summed E-state index contributed by atoms with van der Waals surface area (Å²) in [7, 11) is -6.23. The molecule has 0 aliphatic carbocycles. The highest BCUT2D eigenvalue weighted by Gasteiger charge is 2.48. The summed E-state index contributed by atoms with van der Waals surface area (Å²) in [5, 5.41) is -5.28. The van der Waals surface area contributed by atoms with E-state index in [0.29, 0.717) is 0 Å². The SMILES string of the molecule is O=C(COC(=O)C(F)(F)S(=O)(=O)[O-])OC1COCCO1. The lowest BCUT2D eigenvalue weighted by Gasteiger charge is -2.22. The predicted molar refractivity (Wildman–Crippen MR) is 52.3 cm³/mol. The Morgan fingerprint density at radius 1 is 1.35 bits per heavy atom. The van der Waals surface area contributed by atoms with Gasteiger partial charge < -0.3 is 23.5 Å². The highest BCUT2D eigenvalue weighted by molar-refractivity contribution is 7.87. The minimum absolute atomic E-state index is 0.0925. The zero-order valence-corrected chi connectivity index (χ0v) is 10.6. The number of carbonyl (C=O) groups excluding carboxylic acids is 2. The predicted octanol–water partition coefficient (Wildman–Crippen LogP) is -1.42. The molecular formula is C8H9F2O9S-. The number of alkyl halides is 2. The first kappa shape index (κ1) is 16.7. The Kier molecular flexibility index (Phi) is 5.33. The lowest BCUT2D eigenvalue weighted by molar-refractivity contribution is -0.217. The molecule has 1 rings (SSSR count). The average molecular weight is 319 g/mol. The first-order valence-corrected chi connectivity index (χ1v) is 6.44. The zero-order chi connectivity index (χ0) is 15.4. The van der Waals surface area contributed by atoms with E-state index in [4.69, 9.17) is 9.47 Å². The number of rotatable bonds is 5. The summed E-state index contributed by atoms with van der Waals surface area (Å²) in [6.45, 7) is -0.963. The number of carbonyl (C=O) groups is 2. The monoisotopic (exact) mass is 319 g/mol. The summed E-state index contributed by atoms with van der Waals surface area (Å²) in [5.41, 5.74) is 0. The third kappa shape index (κ3) is 4.33. The molecular weight excluding hydrogens is 310 g/mol. The number of esters is 2. The molecule has 1 aliphatic heterocycles. The van der Waals surface area contributed by atoms with Gasteiger partial charge in [0.15, 0.2) is 16.7 Å². The fraction of sp³-hybridized carbons (Fsp3) is 0.750. The molecule has 1 aliphatic rings. The van der Waals surface area contributed by atoms with Crippen molar-refractivity contribution in [3.05, 3.63) is 0 Å². The van der Waals surface area contributed by atoms with Crippen LogP contribution in [0.2, 0.25) is 0 Å². The van der Waals surface area contributed by atoms with E-state index < -0.39 is 40.2 Å². The molecule has 0 bridgehead atoms. The molecule has 0 aromatic heterocycles. The van der Waals surface area contributed by atoms with Crippen LogP contribution in [0, 0.1) is 0 Å². The smallest absolute Gasteiger partial charge is 0.428 e. The molecule has 1 unspecified atom stereocenters. The van der Waals surface area contributed by atoms with Gasteiger partial charge in [-0.25, -0.2) is 18.0 Å². The first-order chi connectivity index (χ1) is 9.14. The molecule has 0 spiro atoms. The minimum atomic E-state index is -6.23. The second-order valence-corrected chi connectivity index (χ2v) is 4.83. The van der Waals surface area contributed by atoms with Crippen molar-refractivity contribution in [2.24, 2.45) is 0 Å². The van der Waals surface area contributed by atoms with Crippen LogP contribution >= 0.6 is 0 Å². The van der Waals surface area contributed by atoms with Crippen LogP contribution < -0.4 is 0 Å². The Hall–Kier alpha value is -1.37. The molecule has 1 atom stereocenters. The molecule has 0 radical (unpaired) electrons. The van der Waals surface area contributed by atoms with Crippen molar-refractivity contribution in [2.45, 2.75) is 11.5 Å². The number of hydrogen-bond acceptors (Lipinski definition) is 9. The second-order valence-electron chi connectivity index (χ2n) is 3.41. The third-order valence-electron chi connectivity index (χ3n) is 1.92. The fourth-order valence-corrected chi connectivity index (χ4v) is 1.29. The molecule has 1 fully saturated rings. The van der Waals surface area contributed by atoms with E-state index in [9.17, 15) is 31.3 Å². The van der Waals surface area contributed by atoms with Crippen molar-refractivity contribution in [2.75, 3.05) is 26.4 Å². The van der Waals surface area contributed by atoms with Crippen LogP contribution in [-0.2, 0) is 38.7 Å². The van der Waals surface area contributed by atoms with Crippen molar-refractivity contribution in [3.8, 4) is 0 Å². The Bertz CT molecular complexity index is 468. The lowest BCUT2D eigenvalue weighted by Crippen LogP contribution is -2.40. The summed E-state index contributed by atoms with van der Waals surface area (Å²) in [6.07, 6.45) is -1.08. The summed E-state index contributed by atoms with van der Waals surface area (Å²) < 4.78 is 73.5. The van der Waals surface area contributed by atoms with Gasteiger partial charge in [-0.3, -0.25) is 0 Å². The topological polar surface area (TPSA) is 128 Å². The van der Waals surface area contributed by atoms with E-state index in [-0.39, 0.29) is 19.8 Å². The van der Waals surface area contributed by atoms with Crippen LogP contribution in [0.1, 0.15) is 0 Å². The van der Waals surface area contributed by atoms with Gasteiger partial charge in [0.2, 0.25) is 6.29 Å². The van der Waals surface area contributed by atoms with E-state index in [0.717, 1.165) is 0 Å². The van der Waals surface area contributed by atoms with Crippen LogP contribution in [0.3, 0.4) is 0 Å². The molecule has 0 saturated carbocycles. The summed E-state index contributed by atoms with van der Waals surface area (Å²) in [6, 6.07) is 0. The number of halogens is 2. The minimum Gasteiger partial charge on any atom is -0.743 e. The van der Waals surface area contributed by atoms with Crippen LogP contribution in [-0.4, -0.2) is 62.9 Å². The summed E-state index contributed by atoms with van der Waals surface area (Å²) >= 11 is 0. The highest BCUT2D eigenvalue weighted by atomic mass is 32.2. The van der Waals surface area contributed by atoms with E-state index >= 15 is 0 Å². The maximum absolute atomic E-state index is 12.7. The van der Waals surface area contributed by atoms with Crippen LogP contribution in [0.5, 0.6) is 0 Å². The average Bonchev–Trinajstić information content (AvgIpc) is 2.35. The van der Waals surface area contributed by atoms with Crippen LogP contribution in [0.25, 0.3) is 0 Å². The third-order valence-corrected chi connectivity index (χ3v) is 2.72. The molecule has 9 nitrogen and oxygen atoms in total. The van der Waals surface area contributed by atoms with Crippen LogP contribution in [0.15, 0.2) is 0 Å². The van der Waals surface area contributed by atoms with E-state index in [1.165, 1.54) is 0 Å². The second kappa shape index (κ2) is 6.39.